The van der Waals surface area contributed by atoms with E-state index in [1.165, 1.54) is 33.4 Å². The lowest BCUT2D eigenvalue weighted by Crippen LogP contribution is -2.38. The van der Waals surface area contributed by atoms with Crippen molar-refractivity contribution < 1.29 is 8.83 Å². The van der Waals surface area contributed by atoms with Crippen molar-refractivity contribution in [2.24, 2.45) is 0 Å². The molecule has 2 aromatic heterocycles. The Morgan fingerprint density at radius 1 is 0.333 bits per heavy atom. The molecule has 6 heteroatoms. The van der Waals surface area contributed by atoms with E-state index in [0.717, 1.165) is 129 Å². The molecular weight excluding hydrogens is 1100 g/mol. The van der Waals surface area contributed by atoms with Crippen molar-refractivity contribution in [3.8, 4) is 11.1 Å². The molecule has 90 heavy (non-hydrogen) atoms. The lowest BCUT2D eigenvalue weighted by molar-refractivity contribution is 0.590. The van der Waals surface area contributed by atoms with Crippen LogP contribution in [0, 0.1) is 0 Å². The second-order valence-corrected chi connectivity index (χ2v) is 29.4. The monoisotopic (exact) mass is 1170 g/mol. The molecule has 3 aliphatic rings. The highest BCUT2D eigenvalue weighted by Gasteiger charge is 2.56. The van der Waals surface area contributed by atoms with E-state index in [0.29, 0.717) is 0 Å². The highest BCUT2D eigenvalue weighted by molar-refractivity contribution is 6.26. The van der Waals surface area contributed by atoms with Gasteiger partial charge in [0.05, 0.1) is 50.6 Å². The largest absolute Gasteiger partial charge is 0.455 e. The molecule has 0 saturated carbocycles. The van der Waals surface area contributed by atoms with E-state index in [9.17, 15) is 0 Å². The van der Waals surface area contributed by atoms with Crippen LogP contribution in [-0.2, 0) is 27.1 Å². The number of anilines is 11. The minimum atomic E-state index is -0.977. The fourth-order valence-electron chi connectivity index (χ4n) is 15.1. The van der Waals surface area contributed by atoms with Crippen LogP contribution in [0.15, 0.2) is 233 Å². The number of benzene rings is 11. The van der Waals surface area contributed by atoms with Crippen molar-refractivity contribution in [3.63, 3.8) is 0 Å². The number of rotatable bonds is 6. The van der Waals surface area contributed by atoms with Crippen LogP contribution in [0.3, 0.4) is 0 Å². The minimum Gasteiger partial charge on any atom is -0.455 e. The normalized spacial score (nSPS) is 15.2. The number of fused-ring (bicyclic) bond motifs is 19. The molecule has 4 heterocycles. The Balaban J connectivity index is 1.11. The Labute approximate surface area is 529 Å². The fourth-order valence-corrected chi connectivity index (χ4v) is 15.1. The Hall–Kier alpha value is -9.78. The van der Waals surface area contributed by atoms with Crippen molar-refractivity contribution in [3.05, 3.63) is 269 Å². The summed E-state index contributed by atoms with van der Waals surface area (Å²) in [6, 6.07) is 84.6. The molecular formula is C84H76N4O2. The SMILES string of the molecule is CN1c2ccccc2N2c3ccccc3C3(c4cccc1c42)c1cc(N(c2ccc(C(C)(C)C)cc2)c2ccc(C(C)(C)C)cc2)c2c(oc4ccccc42)c1-c1c3cc(N(c2ccc(C(C)(C)C)cc2)c2ccc(C(C)(C)C)cc2)c2oc3ccccc3c12. The van der Waals surface area contributed by atoms with Gasteiger partial charge in [0, 0.05) is 57.1 Å². The molecule has 1 spiro atoms. The van der Waals surface area contributed by atoms with Gasteiger partial charge in [0.25, 0.3) is 0 Å². The Kier molecular flexibility index (Phi) is 11.9. The summed E-state index contributed by atoms with van der Waals surface area (Å²) in [6.45, 7) is 27.5. The molecule has 1 aliphatic carbocycles. The molecule has 0 bridgehead atoms. The van der Waals surface area contributed by atoms with Crippen LogP contribution in [0.2, 0.25) is 0 Å². The highest BCUT2D eigenvalue weighted by atomic mass is 16.3. The third-order valence-corrected chi connectivity index (χ3v) is 19.8. The van der Waals surface area contributed by atoms with Gasteiger partial charge in [-0.05, 0) is 163 Å². The van der Waals surface area contributed by atoms with Crippen molar-refractivity contribution in [1.82, 2.24) is 0 Å². The Morgan fingerprint density at radius 3 is 1.23 bits per heavy atom. The van der Waals surface area contributed by atoms with Gasteiger partial charge < -0.3 is 28.4 Å². The first-order valence-corrected chi connectivity index (χ1v) is 32.0. The van der Waals surface area contributed by atoms with Crippen molar-refractivity contribution in [2.75, 3.05) is 26.6 Å². The van der Waals surface area contributed by atoms with Crippen molar-refractivity contribution >= 4 is 106 Å². The van der Waals surface area contributed by atoms with Crippen LogP contribution in [0.1, 0.15) is 128 Å². The molecule has 1 unspecified atom stereocenters. The van der Waals surface area contributed by atoms with E-state index in [4.69, 9.17) is 8.83 Å². The minimum absolute atomic E-state index is 0.0497. The Morgan fingerprint density at radius 2 is 0.722 bits per heavy atom. The van der Waals surface area contributed by atoms with E-state index in [-0.39, 0.29) is 21.7 Å². The van der Waals surface area contributed by atoms with Gasteiger partial charge in [-0.25, -0.2) is 0 Å². The summed E-state index contributed by atoms with van der Waals surface area (Å²) in [5.74, 6) is 0. The summed E-state index contributed by atoms with van der Waals surface area (Å²) in [5, 5.41) is 4.19. The zero-order valence-corrected chi connectivity index (χ0v) is 54.0. The average Bonchev–Trinajstić information content (AvgIpc) is 1.37. The molecule has 2 aliphatic heterocycles. The van der Waals surface area contributed by atoms with Gasteiger partial charge in [0.1, 0.15) is 16.7 Å². The smallest absolute Gasteiger partial charge is 0.160 e. The summed E-state index contributed by atoms with van der Waals surface area (Å²) >= 11 is 0. The molecule has 0 amide bonds. The maximum atomic E-state index is 7.74. The zero-order chi connectivity index (χ0) is 62.1. The molecule has 16 rings (SSSR count). The van der Waals surface area contributed by atoms with E-state index >= 15 is 0 Å². The van der Waals surface area contributed by atoms with Crippen LogP contribution >= 0.6 is 0 Å². The first-order chi connectivity index (χ1) is 43.1. The van der Waals surface area contributed by atoms with E-state index in [1.54, 1.807) is 0 Å². The predicted molar refractivity (Wildman–Crippen MR) is 379 cm³/mol. The van der Waals surface area contributed by atoms with E-state index in [2.05, 4.69) is 334 Å². The molecule has 0 saturated heterocycles. The standard InChI is InChI=1S/C84H76N4O2/c1-80(2,3)51-33-41-55(42-34-51)86(56-43-35-52(36-44-56)81(4,5)6)69-49-64-76(79-73(69)59-23-14-20-31-71(59)90-79)75-63(84(64)61-25-16-17-27-65(61)88-67-29-19-18-28-66(67)85(13)68-30-22-26-62(84)77(68)88)50-70(78-74(75)60-24-15-21-32-72(60)89-78)87(57-45-37-53(38-46-57)82(7,8)9)58-47-39-54(40-48-58)83(10,11)12/h14-50H,1-13H3. The van der Waals surface area contributed by atoms with Crippen LogP contribution in [0.25, 0.3) is 55.0 Å². The van der Waals surface area contributed by atoms with Crippen LogP contribution in [-0.4, -0.2) is 7.05 Å². The average molecular weight is 1170 g/mol. The van der Waals surface area contributed by atoms with Gasteiger partial charge in [-0.2, -0.15) is 0 Å². The molecule has 1 atom stereocenters. The van der Waals surface area contributed by atoms with E-state index < -0.39 is 5.41 Å². The first kappa shape index (κ1) is 55.5. The number of furan rings is 2. The molecule has 444 valence electrons. The summed E-state index contributed by atoms with van der Waals surface area (Å²) in [5.41, 5.74) is 25.9. The third kappa shape index (κ3) is 8.08. The molecule has 0 radical (unpaired) electrons. The molecule has 11 aromatic carbocycles. The van der Waals surface area contributed by atoms with Gasteiger partial charge in [-0.3, -0.25) is 0 Å². The summed E-state index contributed by atoms with van der Waals surface area (Å²) < 4.78 is 15.3. The Bertz CT molecular complexity index is 4940. The van der Waals surface area contributed by atoms with Gasteiger partial charge in [0.2, 0.25) is 0 Å². The summed E-state index contributed by atoms with van der Waals surface area (Å²) in [7, 11) is 2.23. The third-order valence-electron chi connectivity index (χ3n) is 19.8. The predicted octanol–water partition coefficient (Wildman–Crippen LogP) is 23.8. The second-order valence-electron chi connectivity index (χ2n) is 29.4. The van der Waals surface area contributed by atoms with Crippen molar-refractivity contribution in [2.45, 2.75) is 110 Å². The van der Waals surface area contributed by atoms with Crippen molar-refractivity contribution in [1.29, 1.82) is 0 Å². The summed E-state index contributed by atoms with van der Waals surface area (Å²) in [6.07, 6.45) is 0. The first-order valence-electron chi connectivity index (χ1n) is 32.0. The zero-order valence-electron chi connectivity index (χ0n) is 54.0. The van der Waals surface area contributed by atoms with Crippen LogP contribution < -0.4 is 19.6 Å². The molecule has 0 N–H and O–H groups in total. The quantitative estimate of drug-likeness (QED) is 0.165. The van der Waals surface area contributed by atoms with Crippen LogP contribution in [0.4, 0.5) is 62.6 Å². The van der Waals surface area contributed by atoms with E-state index in [1.807, 2.05) is 0 Å². The lowest BCUT2D eigenvalue weighted by Gasteiger charge is -2.49. The highest BCUT2D eigenvalue weighted by Crippen LogP contribution is 2.70. The van der Waals surface area contributed by atoms with Gasteiger partial charge in [-0.15, -0.1) is 0 Å². The second kappa shape index (κ2) is 19.4. The topological polar surface area (TPSA) is 39.2 Å². The van der Waals surface area contributed by atoms with Crippen LogP contribution in [0.5, 0.6) is 0 Å². The summed E-state index contributed by atoms with van der Waals surface area (Å²) in [4.78, 5) is 9.90. The molecule has 0 fully saturated rings. The van der Waals surface area contributed by atoms with Gasteiger partial charge in [-0.1, -0.05) is 210 Å². The number of hydrogen-bond acceptors (Lipinski definition) is 6. The molecule has 13 aromatic rings. The maximum Gasteiger partial charge on any atom is 0.160 e. The fraction of sp³-hybridized carbons (Fsp3) is 0.214. The number of hydrogen-bond donors (Lipinski definition) is 0. The maximum absolute atomic E-state index is 7.74. The number of nitrogens with zero attached hydrogens (tertiary/aromatic N) is 4. The lowest BCUT2D eigenvalue weighted by atomic mass is 9.64. The number of para-hydroxylation sites is 6. The molecule has 6 nitrogen and oxygen atoms in total. The van der Waals surface area contributed by atoms with Gasteiger partial charge in [0.15, 0.2) is 5.58 Å². The van der Waals surface area contributed by atoms with Gasteiger partial charge >= 0.3 is 0 Å².